The molecule has 1 heterocycles. The van der Waals surface area contributed by atoms with Gasteiger partial charge in [-0.15, -0.1) is 0 Å². The van der Waals surface area contributed by atoms with Crippen LogP contribution in [-0.4, -0.2) is 42.7 Å². The van der Waals surface area contributed by atoms with Crippen molar-refractivity contribution in [3.63, 3.8) is 0 Å². The van der Waals surface area contributed by atoms with Crippen molar-refractivity contribution in [2.75, 3.05) is 42.7 Å². The first-order valence-corrected chi connectivity index (χ1v) is 8.13. The average Bonchev–Trinajstić information content (AvgIpc) is 2.59. The molecule has 0 saturated carbocycles. The van der Waals surface area contributed by atoms with Crippen LogP contribution in [0.5, 0.6) is 5.75 Å². The molecule has 4 N–H and O–H groups in total. The Morgan fingerprint density at radius 3 is 2.72 bits per heavy atom. The number of hydrogen-bond acceptors (Lipinski definition) is 6. The van der Waals surface area contributed by atoms with E-state index in [0.29, 0.717) is 30.5 Å². The van der Waals surface area contributed by atoms with Crippen LogP contribution in [0.25, 0.3) is 0 Å². The SMILES string of the molecule is CCNc1cc(C)nc(NCCNC(=O)Nc2ccccc2OC)n1. The van der Waals surface area contributed by atoms with E-state index in [9.17, 15) is 4.79 Å². The van der Waals surface area contributed by atoms with E-state index in [1.54, 1.807) is 19.2 Å². The number of hydrogen-bond donors (Lipinski definition) is 4. The molecule has 0 atom stereocenters. The maximum Gasteiger partial charge on any atom is 0.319 e. The zero-order chi connectivity index (χ0) is 18.1. The molecule has 0 aliphatic carbocycles. The highest BCUT2D eigenvalue weighted by Gasteiger charge is 2.06. The highest BCUT2D eigenvalue weighted by molar-refractivity contribution is 5.90. The molecular weight excluding hydrogens is 320 g/mol. The minimum Gasteiger partial charge on any atom is -0.495 e. The minimum absolute atomic E-state index is 0.301. The number of carbonyl (C=O) groups is 1. The summed E-state index contributed by atoms with van der Waals surface area (Å²) in [6.07, 6.45) is 0. The molecule has 8 nitrogen and oxygen atoms in total. The van der Waals surface area contributed by atoms with E-state index in [-0.39, 0.29) is 6.03 Å². The molecule has 0 aliphatic rings. The van der Waals surface area contributed by atoms with Crippen molar-refractivity contribution in [3.05, 3.63) is 36.0 Å². The van der Waals surface area contributed by atoms with Crippen molar-refractivity contribution in [3.8, 4) is 5.75 Å². The lowest BCUT2D eigenvalue weighted by molar-refractivity contribution is 0.252. The number of para-hydroxylation sites is 2. The molecule has 134 valence electrons. The number of amides is 2. The third kappa shape index (κ3) is 5.83. The highest BCUT2D eigenvalue weighted by atomic mass is 16.5. The fourth-order valence-electron chi connectivity index (χ4n) is 2.18. The number of carbonyl (C=O) groups excluding carboxylic acids is 1. The molecule has 2 rings (SSSR count). The van der Waals surface area contributed by atoms with Gasteiger partial charge in [-0.05, 0) is 26.0 Å². The zero-order valence-corrected chi connectivity index (χ0v) is 14.7. The minimum atomic E-state index is -0.301. The summed E-state index contributed by atoms with van der Waals surface area (Å²) in [5.41, 5.74) is 1.49. The molecule has 0 unspecified atom stereocenters. The number of aromatic nitrogens is 2. The number of methoxy groups -OCH3 is 1. The van der Waals surface area contributed by atoms with E-state index in [2.05, 4.69) is 31.2 Å². The Morgan fingerprint density at radius 1 is 1.16 bits per heavy atom. The first-order chi connectivity index (χ1) is 12.1. The van der Waals surface area contributed by atoms with E-state index < -0.39 is 0 Å². The van der Waals surface area contributed by atoms with Crippen LogP contribution in [0.15, 0.2) is 30.3 Å². The summed E-state index contributed by atoms with van der Waals surface area (Å²) in [7, 11) is 1.56. The van der Waals surface area contributed by atoms with Gasteiger partial charge in [-0.3, -0.25) is 0 Å². The van der Waals surface area contributed by atoms with Gasteiger partial charge in [-0.2, -0.15) is 4.98 Å². The van der Waals surface area contributed by atoms with Crippen molar-refractivity contribution in [1.82, 2.24) is 15.3 Å². The van der Waals surface area contributed by atoms with Crippen LogP contribution in [0.4, 0.5) is 22.2 Å². The molecule has 25 heavy (non-hydrogen) atoms. The second-order valence-corrected chi connectivity index (χ2v) is 5.26. The Kier molecular flexibility index (Phi) is 6.82. The Labute approximate surface area is 147 Å². The van der Waals surface area contributed by atoms with Gasteiger partial charge in [-0.1, -0.05) is 12.1 Å². The maximum atomic E-state index is 11.9. The van der Waals surface area contributed by atoms with Gasteiger partial charge in [-0.25, -0.2) is 9.78 Å². The summed E-state index contributed by atoms with van der Waals surface area (Å²) >= 11 is 0. The summed E-state index contributed by atoms with van der Waals surface area (Å²) < 4.78 is 5.19. The predicted molar refractivity (Wildman–Crippen MR) is 99.4 cm³/mol. The molecule has 0 bridgehead atoms. The second-order valence-electron chi connectivity index (χ2n) is 5.26. The van der Waals surface area contributed by atoms with Gasteiger partial charge in [0, 0.05) is 31.4 Å². The Balaban J connectivity index is 1.78. The van der Waals surface area contributed by atoms with Crippen molar-refractivity contribution >= 4 is 23.5 Å². The van der Waals surface area contributed by atoms with Gasteiger partial charge >= 0.3 is 6.03 Å². The van der Waals surface area contributed by atoms with Crippen LogP contribution < -0.4 is 26.0 Å². The lowest BCUT2D eigenvalue weighted by atomic mass is 10.3. The number of aryl methyl sites for hydroxylation is 1. The molecule has 1 aromatic carbocycles. The maximum absolute atomic E-state index is 11.9. The van der Waals surface area contributed by atoms with Crippen molar-refractivity contribution in [2.24, 2.45) is 0 Å². The number of ether oxygens (including phenoxy) is 1. The fraction of sp³-hybridized carbons (Fsp3) is 0.353. The third-order valence-electron chi connectivity index (χ3n) is 3.26. The van der Waals surface area contributed by atoms with Gasteiger partial charge < -0.3 is 26.0 Å². The molecule has 2 aromatic rings. The number of anilines is 3. The Bertz CT molecular complexity index is 707. The van der Waals surface area contributed by atoms with Gasteiger partial charge in [0.2, 0.25) is 5.95 Å². The highest BCUT2D eigenvalue weighted by Crippen LogP contribution is 2.22. The summed E-state index contributed by atoms with van der Waals surface area (Å²) in [6, 6.07) is 8.82. The number of nitrogens with one attached hydrogen (secondary N) is 4. The summed E-state index contributed by atoms with van der Waals surface area (Å²) in [5, 5.41) is 11.8. The molecule has 0 saturated heterocycles. The largest absolute Gasteiger partial charge is 0.495 e. The van der Waals surface area contributed by atoms with Gasteiger partial charge in [0.15, 0.2) is 0 Å². The first-order valence-electron chi connectivity index (χ1n) is 8.13. The van der Waals surface area contributed by atoms with Crippen molar-refractivity contribution in [1.29, 1.82) is 0 Å². The van der Waals surface area contributed by atoms with Crippen molar-refractivity contribution < 1.29 is 9.53 Å². The summed E-state index contributed by atoms with van der Waals surface area (Å²) in [6.45, 7) is 5.64. The first kappa shape index (κ1) is 18.3. The monoisotopic (exact) mass is 344 g/mol. The smallest absolute Gasteiger partial charge is 0.319 e. The van der Waals surface area contributed by atoms with E-state index in [1.807, 2.05) is 32.0 Å². The van der Waals surface area contributed by atoms with Crippen LogP contribution in [-0.2, 0) is 0 Å². The van der Waals surface area contributed by atoms with Crippen molar-refractivity contribution in [2.45, 2.75) is 13.8 Å². The van der Waals surface area contributed by atoms with Crippen LogP contribution >= 0.6 is 0 Å². The zero-order valence-electron chi connectivity index (χ0n) is 14.7. The van der Waals surface area contributed by atoms with E-state index in [0.717, 1.165) is 18.1 Å². The number of urea groups is 1. The van der Waals surface area contributed by atoms with Gasteiger partial charge in [0.25, 0.3) is 0 Å². The molecule has 8 heteroatoms. The third-order valence-corrected chi connectivity index (χ3v) is 3.26. The molecule has 0 radical (unpaired) electrons. The molecule has 0 aliphatic heterocycles. The number of nitrogens with zero attached hydrogens (tertiary/aromatic N) is 2. The quantitative estimate of drug-likeness (QED) is 0.549. The normalized spacial score (nSPS) is 10.0. The van der Waals surface area contributed by atoms with Crippen LogP contribution in [0.1, 0.15) is 12.6 Å². The topological polar surface area (TPSA) is 100 Å². The van der Waals surface area contributed by atoms with Crippen LogP contribution in [0, 0.1) is 6.92 Å². The number of benzene rings is 1. The van der Waals surface area contributed by atoms with E-state index in [1.165, 1.54) is 0 Å². The fourth-order valence-corrected chi connectivity index (χ4v) is 2.18. The number of rotatable bonds is 8. The predicted octanol–water partition coefficient (Wildman–Crippen LogP) is 2.46. The Hall–Kier alpha value is -3.03. The van der Waals surface area contributed by atoms with E-state index in [4.69, 9.17) is 4.74 Å². The van der Waals surface area contributed by atoms with Gasteiger partial charge in [0.05, 0.1) is 12.8 Å². The van der Waals surface area contributed by atoms with Crippen LogP contribution in [0.3, 0.4) is 0 Å². The van der Waals surface area contributed by atoms with Gasteiger partial charge in [0.1, 0.15) is 11.6 Å². The summed E-state index contributed by atoms with van der Waals surface area (Å²) in [4.78, 5) is 20.6. The molecule has 0 spiro atoms. The second kappa shape index (κ2) is 9.31. The van der Waals surface area contributed by atoms with E-state index >= 15 is 0 Å². The standard InChI is InChI=1S/C17H24N6O2/c1-4-18-15-11-12(2)21-16(23-15)19-9-10-20-17(24)22-13-7-5-6-8-14(13)25-3/h5-8,11H,4,9-10H2,1-3H3,(H2,20,22,24)(H2,18,19,21,23). The Morgan fingerprint density at radius 2 is 1.96 bits per heavy atom. The lowest BCUT2D eigenvalue weighted by Gasteiger charge is -2.12. The molecule has 2 amide bonds. The lowest BCUT2D eigenvalue weighted by Crippen LogP contribution is -2.33. The molecular formula is C17H24N6O2. The molecule has 1 aromatic heterocycles. The molecule has 0 fully saturated rings. The average molecular weight is 344 g/mol. The summed E-state index contributed by atoms with van der Waals surface area (Å²) in [5.74, 6) is 1.92. The van der Waals surface area contributed by atoms with Crippen LogP contribution in [0.2, 0.25) is 0 Å².